The number of ether oxygens (including phenoxy) is 4. The second kappa shape index (κ2) is 18.5. The Morgan fingerprint density at radius 1 is 0.560 bits per heavy atom. The van der Waals surface area contributed by atoms with Gasteiger partial charge in [-0.25, -0.2) is 0 Å². The summed E-state index contributed by atoms with van der Waals surface area (Å²) in [4.78, 5) is 0. The Morgan fingerprint density at radius 3 is 1.44 bits per heavy atom. The van der Waals surface area contributed by atoms with Gasteiger partial charge < -0.3 is 18.9 Å². The summed E-state index contributed by atoms with van der Waals surface area (Å²) >= 11 is 0. The van der Waals surface area contributed by atoms with Gasteiger partial charge in [-0.15, -0.1) is 0 Å². The summed E-state index contributed by atoms with van der Waals surface area (Å²) in [5.41, 5.74) is 0. The summed E-state index contributed by atoms with van der Waals surface area (Å²) in [5.74, 6) is 0. The van der Waals surface area contributed by atoms with E-state index in [-0.39, 0.29) is 13.2 Å². The van der Waals surface area contributed by atoms with Crippen LogP contribution in [0.4, 0.5) is 0 Å². The van der Waals surface area contributed by atoms with Crippen LogP contribution in [-0.4, -0.2) is 74.1 Å². The van der Waals surface area contributed by atoms with Crippen molar-refractivity contribution in [1.82, 2.24) is 0 Å². The molecule has 25 heavy (non-hydrogen) atoms. The van der Waals surface area contributed by atoms with Crippen molar-refractivity contribution in [2.75, 3.05) is 65.7 Å². The number of hydrogen-bond donors (Lipinski definition) is 0. The van der Waals surface area contributed by atoms with Gasteiger partial charge in [-0.3, -0.25) is 4.18 Å². The molecule has 8 heteroatoms. The van der Waals surface area contributed by atoms with Crippen LogP contribution in [0, 0.1) is 0 Å². The van der Waals surface area contributed by atoms with E-state index in [0.29, 0.717) is 39.6 Å². The summed E-state index contributed by atoms with van der Waals surface area (Å²) in [6.45, 7) is 6.36. The topological polar surface area (TPSA) is 80.3 Å². The lowest BCUT2D eigenvalue weighted by Crippen LogP contribution is -2.14. The van der Waals surface area contributed by atoms with Gasteiger partial charge in [0.25, 0.3) is 10.1 Å². The first-order chi connectivity index (χ1) is 12.1. The predicted octanol–water partition coefficient (Wildman–Crippen LogP) is 2.39. The van der Waals surface area contributed by atoms with Crippen LogP contribution in [0.2, 0.25) is 0 Å². The van der Waals surface area contributed by atoms with Crippen LogP contribution in [-0.2, 0) is 33.2 Å². The van der Waals surface area contributed by atoms with Crippen molar-refractivity contribution >= 4 is 10.1 Å². The monoisotopic (exact) mass is 384 g/mol. The van der Waals surface area contributed by atoms with Crippen LogP contribution in [0.25, 0.3) is 0 Å². The molecule has 0 aromatic heterocycles. The summed E-state index contributed by atoms with van der Waals surface area (Å²) in [5, 5.41) is 0. The first-order valence-electron chi connectivity index (χ1n) is 9.21. The van der Waals surface area contributed by atoms with Crippen molar-refractivity contribution in [3.8, 4) is 0 Å². The van der Waals surface area contributed by atoms with Crippen LogP contribution < -0.4 is 0 Å². The first kappa shape index (κ1) is 24.8. The maximum absolute atomic E-state index is 10.7. The molecule has 0 bridgehead atoms. The van der Waals surface area contributed by atoms with E-state index in [1.54, 1.807) is 0 Å². The van der Waals surface area contributed by atoms with Crippen LogP contribution in [0.3, 0.4) is 0 Å². The molecule has 0 saturated heterocycles. The Labute approximate surface area is 153 Å². The van der Waals surface area contributed by atoms with Gasteiger partial charge in [0.2, 0.25) is 0 Å². The highest BCUT2D eigenvalue weighted by Crippen LogP contribution is 2.04. The third-order valence-electron chi connectivity index (χ3n) is 3.28. The highest BCUT2D eigenvalue weighted by molar-refractivity contribution is 7.85. The molecule has 0 aromatic carbocycles. The molecule has 0 N–H and O–H groups in total. The molecule has 0 amide bonds. The third kappa shape index (κ3) is 23.8. The van der Waals surface area contributed by atoms with Crippen LogP contribution >= 0.6 is 0 Å². The lowest BCUT2D eigenvalue weighted by molar-refractivity contribution is -0.00466. The van der Waals surface area contributed by atoms with Gasteiger partial charge in [-0.1, -0.05) is 39.0 Å². The molecule has 0 fully saturated rings. The average molecular weight is 385 g/mol. The van der Waals surface area contributed by atoms with Gasteiger partial charge in [-0.2, -0.15) is 8.42 Å². The SMILES string of the molecule is CCCCCCCCOCCOCCOCCOCCOS(C)(=O)=O. The second-order valence-electron chi connectivity index (χ2n) is 5.74. The molecule has 0 aliphatic rings. The molecular weight excluding hydrogens is 348 g/mol. The molecule has 0 saturated carbocycles. The summed E-state index contributed by atoms with van der Waals surface area (Å²) in [6, 6.07) is 0. The normalized spacial score (nSPS) is 11.9. The van der Waals surface area contributed by atoms with Crippen molar-refractivity contribution in [1.29, 1.82) is 0 Å². The second-order valence-corrected chi connectivity index (χ2v) is 7.39. The van der Waals surface area contributed by atoms with E-state index in [2.05, 4.69) is 11.1 Å². The Hall–Kier alpha value is -0.250. The minimum absolute atomic E-state index is 0.0285. The van der Waals surface area contributed by atoms with Gasteiger partial charge >= 0.3 is 0 Å². The third-order valence-corrected chi connectivity index (χ3v) is 3.88. The lowest BCUT2D eigenvalue weighted by atomic mass is 10.1. The molecule has 0 atom stereocenters. The molecule has 7 nitrogen and oxygen atoms in total. The molecule has 0 radical (unpaired) electrons. The van der Waals surface area contributed by atoms with Crippen molar-refractivity contribution in [2.24, 2.45) is 0 Å². The smallest absolute Gasteiger partial charge is 0.264 e. The summed E-state index contributed by atoms with van der Waals surface area (Å²) in [6.07, 6.45) is 8.64. The van der Waals surface area contributed by atoms with Crippen molar-refractivity contribution in [3.63, 3.8) is 0 Å². The van der Waals surface area contributed by atoms with E-state index in [0.717, 1.165) is 19.3 Å². The molecule has 0 spiro atoms. The van der Waals surface area contributed by atoms with Gasteiger partial charge in [0.1, 0.15) is 0 Å². The Bertz CT molecular complexity index is 360. The van der Waals surface area contributed by atoms with Crippen molar-refractivity contribution in [2.45, 2.75) is 45.4 Å². The number of hydrogen-bond acceptors (Lipinski definition) is 7. The zero-order valence-corrected chi connectivity index (χ0v) is 16.7. The predicted molar refractivity (Wildman–Crippen MR) is 97.4 cm³/mol. The fraction of sp³-hybridized carbons (Fsp3) is 1.00. The fourth-order valence-corrected chi connectivity index (χ4v) is 2.36. The highest BCUT2D eigenvalue weighted by Gasteiger charge is 2.00. The maximum Gasteiger partial charge on any atom is 0.264 e. The number of rotatable bonds is 20. The van der Waals surface area contributed by atoms with E-state index in [1.807, 2.05) is 0 Å². The Kier molecular flexibility index (Phi) is 18.4. The molecule has 0 heterocycles. The van der Waals surface area contributed by atoms with E-state index in [1.165, 1.54) is 32.1 Å². The lowest BCUT2D eigenvalue weighted by Gasteiger charge is -2.07. The van der Waals surface area contributed by atoms with Crippen LogP contribution in [0.15, 0.2) is 0 Å². The van der Waals surface area contributed by atoms with E-state index in [4.69, 9.17) is 18.9 Å². The molecule has 0 aromatic rings. The number of unbranched alkanes of at least 4 members (excludes halogenated alkanes) is 5. The van der Waals surface area contributed by atoms with E-state index in [9.17, 15) is 8.42 Å². The van der Waals surface area contributed by atoms with Gasteiger partial charge in [-0.05, 0) is 6.42 Å². The standard InChI is InChI=1S/C17H36O7S/c1-3-4-5-6-7-8-9-20-10-11-21-12-13-22-14-15-23-16-17-24-25(2,18)19/h3-17H2,1-2H3. The van der Waals surface area contributed by atoms with Gasteiger partial charge in [0.15, 0.2) is 0 Å². The molecule has 152 valence electrons. The Morgan fingerprint density at radius 2 is 0.960 bits per heavy atom. The minimum atomic E-state index is -3.39. The highest BCUT2D eigenvalue weighted by atomic mass is 32.2. The minimum Gasteiger partial charge on any atom is -0.379 e. The summed E-state index contributed by atoms with van der Waals surface area (Å²) in [7, 11) is -3.39. The zero-order chi connectivity index (χ0) is 18.6. The molecule has 0 unspecified atom stereocenters. The largest absolute Gasteiger partial charge is 0.379 e. The van der Waals surface area contributed by atoms with Crippen LogP contribution in [0.5, 0.6) is 0 Å². The van der Waals surface area contributed by atoms with Crippen molar-refractivity contribution in [3.05, 3.63) is 0 Å². The van der Waals surface area contributed by atoms with E-state index >= 15 is 0 Å². The van der Waals surface area contributed by atoms with Crippen LogP contribution in [0.1, 0.15) is 45.4 Å². The van der Waals surface area contributed by atoms with Gasteiger partial charge in [0, 0.05) is 6.61 Å². The maximum atomic E-state index is 10.7. The molecule has 0 aliphatic carbocycles. The van der Waals surface area contributed by atoms with Gasteiger partial charge in [0.05, 0.1) is 59.1 Å². The Balaban J connectivity index is 3.03. The quantitative estimate of drug-likeness (QED) is 0.235. The van der Waals surface area contributed by atoms with Crippen molar-refractivity contribution < 1.29 is 31.5 Å². The molecular formula is C17H36O7S. The average Bonchev–Trinajstić information content (AvgIpc) is 2.56. The van der Waals surface area contributed by atoms with E-state index < -0.39 is 10.1 Å². The molecule has 0 rings (SSSR count). The first-order valence-corrected chi connectivity index (χ1v) is 11.0. The fourth-order valence-electron chi connectivity index (χ4n) is 1.99. The zero-order valence-electron chi connectivity index (χ0n) is 15.9. The molecule has 0 aliphatic heterocycles. The summed E-state index contributed by atoms with van der Waals surface area (Å²) < 4.78 is 47.3.